The summed E-state index contributed by atoms with van der Waals surface area (Å²) < 4.78 is 20.4. The van der Waals surface area contributed by atoms with E-state index in [0.29, 0.717) is 6.61 Å². The largest absolute Gasteiger partial charge is 0.461 e. The normalized spacial score (nSPS) is 14.1. The molecule has 0 aliphatic rings. The quantitative estimate of drug-likeness (QED) is 0.178. The van der Waals surface area contributed by atoms with Crippen molar-refractivity contribution in [1.29, 1.82) is 0 Å². The highest BCUT2D eigenvalue weighted by atomic mass is 31.2. The van der Waals surface area contributed by atoms with Crippen LogP contribution < -0.4 is 0 Å². The van der Waals surface area contributed by atoms with E-state index in [1.54, 1.807) is 0 Å². The van der Waals surface area contributed by atoms with E-state index in [2.05, 4.69) is 11.1 Å². The first kappa shape index (κ1) is 24.3. The molecule has 0 spiro atoms. The maximum Gasteiger partial charge on any atom is 0.461 e. The van der Waals surface area contributed by atoms with Gasteiger partial charge in [0.15, 0.2) is 10.5 Å². The maximum atomic E-state index is 11.1. The van der Waals surface area contributed by atoms with Gasteiger partial charge in [0.1, 0.15) is 0 Å². The number of rotatable bonds is 19. The van der Waals surface area contributed by atoms with Crippen molar-refractivity contribution < 1.29 is 18.2 Å². The summed E-state index contributed by atoms with van der Waals surface area (Å²) in [6.45, 7) is 2.60. The molecule has 1 N–H and O–H groups in total. The molecule has 0 heterocycles. The molecular formula is C18H41O4PSi. The van der Waals surface area contributed by atoms with Crippen molar-refractivity contribution in [3.63, 3.8) is 0 Å². The second-order valence-electron chi connectivity index (χ2n) is 6.79. The third-order valence-corrected chi connectivity index (χ3v) is 6.84. The van der Waals surface area contributed by atoms with Crippen molar-refractivity contribution in [3.8, 4) is 0 Å². The third-order valence-electron chi connectivity index (χ3n) is 4.48. The van der Waals surface area contributed by atoms with Gasteiger partial charge in [0.05, 0.1) is 6.61 Å². The van der Waals surface area contributed by atoms with E-state index in [1.165, 1.54) is 89.9 Å². The molecule has 0 aromatic heterocycles. The topological polar surface area (TPSA) is 55.8 Å². The third kappa shape index (κ3) is 18.7. The maximum absolute atomic E-state index is 11.1. The molecule has 0 aliphatic carbocycles. The zero-order chi connectivity index (χ0) is 17.9. The van der Waals surface area contributed by atoms with Gasteiger partial charge in [-0.15, -0.1) is 0 Å². The Hall–Kier alpha value is 0.327. The minimum atomic E-state index is -3.70. The molecule has 24 heavy (non-hydrogen) atoms. The molecule has 0 aromatic rings. The van der Waals surface area contributed by atoms with Crippen LogP contribution in [0.15, 0.2) is 0 Å². The minimum Gasteiger partial charge on any atom is -0.342 e. The van der Waals surface area contributed by atoms with Gasteiger partial charge in [-0.25, -0.2) is 4.57 Å². The van der Waals surface area contributed by atoms with Crippen LogP contribution in [-0.2, 0) is 13.3 Å². The fraction of sp³-hybridized carbons (Fsp3) is 1.00. The van der Waals surface area contributed by atoms with Crippen molar-refractivity contribution in [2.75, 3.05) is 6.61 Å². The average Bonchev–Trinajstić information content (AvgIpc) is 2.57. The predicted octanol–water partition coefficient (Wildman–Crippen LogP) is 5.66. The Labute approximate surface area is 153 Å². The van der Waals surface area contributed by atoms with Crippen LogP contribution in [0.4, 0.5) is 0 Å². The number of hydrogen-bond acceptors (Lipinski definition) is 3. The molecular weight excluding hydrogens is 339 g/mol. The number of phosphoric ester groups is 1. The number of hydrogen-bond donors (Lipinski definition) is 1. The van der Waals surface area contributed by atoms with Crippen molar-refractivity contribution in [3.05, 3.63) is 0 Å². The lowest BCUT2D eigenvalue weighted by atomic mass is 10.0. The summed E-state index contributed by atoms with van der Waals surface area (Å²) in [6.07, 6.45) is 21.1. The van der Waals surface area contributed by atoms with Gasteiger partial charge in [-0.2, -0.15) is 0 Å². The Balaban J connectivity index is 3.06. The summed E-state index contributed by atoms with van der Waals surface area (Å²) in [5, 5.41) is 0. The van der Waals surface area contributed by atoms with E-state index in [9.17, 15) is 4.57 Å². The number of unbranched alkanes of at least 4 members (excludes halogenated alkanes) is 15. The van der Waals surface area contributed by atoms with E-state index in [4.69, 9.17) is 9.42 Å². The molecule has 0 aromatic carbocycles. The first-order valence-electron chi connectivity index (χ1n) is 10.2. The lowest BCUT2D eigenvalue weighted by Crippen LogP contribution is -1.95. The van der Waals surface area contributed by atoms with Crippen molar-refractivity contribution in [2.24, 2.45) is 0 Å². The molecule has 0 rings (SSSR count). The van der Waals surface area contributed by atoms with Crippen LogP contribution in [0.5, 0.6) is 0 Å². The first-order chi connectivity index (χ1) is 11.6. The smallest absolute Gasteiger partial charge is 0.342 e. The summed E-state index contributed by atoms with van der Waals surface area (Å²) in [6, 6.07) is 0. The zero-order valence-electron chi connectivity index (χ0n) is 16.1. The molecule has 1 unspecified atom stereocenters. The highest BCUT2D eigenvalue weighted by Crippen LogP contribution is 2.41. The van der Waals surface area contributed by atoms with Gasteiger partial charge < -0.3 is 9.11 Å². The predicted molar refractivity (Wildman–Crippen MR) is 106 cm³/mol. The number of phosphoric acid groups is 1. The molecule has 1 atom stereocenters. The summed E-state index contributed by atoms with van der Waals surface area (Å²) in [7, 11) is -3.47. The standard InChI is InChI=1S/C18H41O4PSi/c1-2-3-4-5-6-7-8-9-10-11-12-13-14-15-16-17-18-21-23(19,20)22-24/h2-18H2,1,24H3,(H,19,20). The van der Waals surface area contributed by atoms with Crippen LogP contribution in [-0.4, -0.2) is 22.0 Å². The summed E-state index contributed by atoms with van der Waals surface area (Å²) in [4.78, 5) is 9.09. The van der Waals surface area contributed by atoms with Crippen molar-refractivity contribution in [1.82, 2.24) is 0 Å². The van der Waals surface area contributed by atoms with Gasteiger partial charge in [0.2, 0.25) is 0 Å². The van der Waals surface area contributed by atoms with E-state index in [-0.39, 0.29) is 10.5 Å². The van der Waals surface area contributed by atoms with E-state index >= 15 is 0 Å². The Kier molecular flexibility index (Phi) is 18.4. The fourth-order valence-electron chi connectivity index (χ4n) is 2.88. The molecule has 0 saturated carbocycles. The first-order valence-corrected chi connectivity index (χ1v) is 12.5. The summed E-state index contributed by atoms with van der Waals surface area (Å²) in [5.74, 6) is 0. The van der Waals surface area contributed by atoms with Gasteiger partial charge in [-0.3, -0.25) is 4.52 Å². The van der Waals surface area contributed by atoms with Gasteiger partial charge in [0.25, 0.3) is 0 Å². The van der Waals surface area contributed by atoms with Crippen LogP contribution >= 0.6 is 7.82 Å². The molecule has 0 radical (unpaired) electrons. The van der Waals surface area contributed by atoms with Crippen molar-refractivity contribution in [2.45, 2.75) is 110 Å². The monoisotopic (exact) mass is 380 g/mol. The van der Waals surface area contributed by atoms with Crippen LogP contribution in [0, 0.1) is 0 Å². The molecule has 6 heteroatoms. The summed E-state index contributed by atoms with van der Waals surface area (Å²) >= 11 is 0. The van der Waals surface area contributed by atoms with Gasteiger partial charge >= 0.3 is 7.82 Å². The molecule has 0 saturated heterocycles. The highest BCUT2D eigenvalue weighted by molar-refractivity contribution is 7.48. The van der Waals surface area contributed by atoms with E-state index in [1.807, 2.05) is 0 Å². The van der Waals surface area contributed by atoms with Crippen LogP contribution in [0.2, 0.25) is 0 Å². The average molecular weight is 381 g/mol. The second kappa shape index (κ2) is 18.1. The van der Waals surface area contributed by atoms with Gasteiger partial charge in [0, 0.05) is 0 Å². The van der Waals surface area contributed by atoms with Crippen LogP contribution in [0.25, 0.3) is 0 Å². The molecule has 146 valence electrons. The SMILES string of the molecule is CCCCCCCCCCCCCCCCCCOP(=O)(O)O[SiH3]. The molecule has 0 aliphatic heterocycles. The lowest BCUT2D eigenvalue weighted by Gasteiger charge is -2.09. The molecule has 0 bridgehead atoms. The summed E-state index contributed by atoms with van der Waals surface area (Å²) in [5.41, 5.74) is 0. The Morgan fingerprint density at radius 2 is 1.04 bits per heavy atom. The Morgan fingerprint density at radius 3 is 1.38 bits per heavy atom. The Bertz CT molecular complexity index is 303. The van der Waals surface area contributed by atoms with E-state index in [0.717, 1.165) is 12.8 Å². The van der Waals surface area contributed by atoms with Crippen LogP contribution in [0.3, 0.4) is 0 Å². The highest BCUT2D eigenvalue weighted by Gasteiger charge is 2.16. The second-order valence-corrected chi connectivity index (χ2v) is 9.44. The lowest BCUT2D eigenvalue weighted by molar-refractivity contribution is 0.203. The van der Waals surface area contributed by atoms with Crippen LogP contribution in [0.1, 0.15) is 110 Å². The molecule has 0 amide bonds. The fourth-order valence-corrected chi connectivity index (χ4v) is 3.66. The Morgan fingerprint density at radius 1 is 0.708 bits per heavy atom. The molecule has 4 nitrogen and oxygen atoms in total. The van der Waals surface area contributed by atoms with Gasteiger partial charge in [-0.1, -0.05) is 103 Å². The van der Waals surface area contributed by atoms with Gasteiger partial charge in [-0.05, 0) is 6.42 Å². The van der Waals surface area contributed by atoms with E-state index < -0.39 is 7.82 Å². The molecule has 0 fully saturated rings. The zero-order valence-corrected chi connectivity index (χ0v) is 19.0. The van der Waals surface area contributed by atoms with Crippen molar-refractivity contribution >= 4 is 18.3 Å². The minimum absolute atomic E-state index is 0.230.